The number of hydrogen-bond donors (Lipinski definition) is 1. The molecule has 1 unspecified atom stereocenters. The Balaban J connectivity index is 1.89. The molecule has 140 valence electrons. The first-order valence-corrected chi connectivity index (χ1v) is 10.1. The van der Waals surface area contributed by atoms with Crippen molar-refractivity contribution in [1.29, 1.82) is 0 Å². The monoisotopic (exact) mass is 370 g/mol. The number of amides is 1. The molecule has 25 heavy (non-hydrogen) atoms. The van der Waals surface area contributed by atoms with Gasteiger partial charge in [-0.2, -0.15) is 0 Å². The topological polar surface area (TPSA) is 84.9 Å². The van der Waals surface area contributed by atoms with Crippen molar-refractivity contribution in [3.05, 3.63) is 23.8 Å². The van der Waals surface area contributed by atoms with Gasteiger partial charge in [0.25, 0.3) is 0 Å². The molecule has 2 rings (SSSR count). The number of hydrogen-bond acceptors (Lipinski definition) is 6. The first kappa shape index (κ1) is 19.5. The summed E-state index contributed by atoms with van der Waals surface area (Å²) in [7, 11) is 0.181. The Labute approximate surface area is 149 Å². The van der Waals surface area contributed by atoms with E-state index in [9.17, 15) is 13.2 Å². The molecule has 1 fully saturated rings. The predicted octanol–water partition coefficient (Wildman–Crippen LogP) is 0.829. The second kappa shape index (κ2) is 8.53. The SMILES string of the molecule is CCN(CC(=O)NCc1ccc(OC)c(OC)c1)C1CCS(=O)(=O)C1. The van der Waals surface area contributed by atoms with Crippen LogP contribution in [0.4, 0.5) is 0 Å². The molecule has 8 heteroatoms. The first-order chi connectivity index (χ1) is 11.9. The van der Waals surface area contributed by atoms with Gasteiger partial charge in [0.15, 0.2) is 21.3 Å². The zero-order chi connectivity index (χ0) is 18.4. The van der Waals surface area contributed by atoms with E-state index < -0.39 is 9.84 Å². The number of likely N-dealkylation sites (N-methyl/N-ethyl adjacent to an activating group) is 1. The van der Waals surface area contributed by atoms with Crippen LogP contribution in [-0.2, 0) is 21.2 Å². The van der Waals surface area contributed by atoms with E-state index >= 15 is 0 Å². The van der Waals surface area contributed by atoms with Crippen molar-refractivity contribution in [3.8, 4) is 11.5 Å². The minimum atomic E-state index is -2.96. The minimum Gasteiger partial charge on any atom is -0.493 e. The summed E-state index contributed by atoms with van der Waals surface area (Å²) in [6, 6.07) is 5.41. The second-order valence-electron chi connectivity index (χ2n) is 6.09. The lowest BCUT2D eigenvalue weighted by Crippen LogP contribution is -2.43. The lowest BCUT2D eigenvalue weighted by atomic mass is 10.2. The number of benzene rings is 1. The Morgan fingerprint density at radius 2 is 2.00 bits per heavy atom. The van der Waals surface area contributed by atoms with Gasteiger partial charge in [-0.3, -0.25) is 9.69 Å². The number of nitrogens with zero attached hydrogens (tertiary/aromatic N) is 1. The third-order valence-electron chi connectivity index (χ3n) is 4.42. The average Bonchev–Trinajstić information content (AvgIpc) is 2.97. The van der Waals surface area contributed by atoms with Crippen LogP contribution in [0, 0.1) is 0 Å². The normalized spacial score (nSPS) is 19.0. The van der Waals surface area contributed by atoms with Gasteiger partial charge in [-0.1, -0.05) is 13.0 Å². The highest BCUT2D eigenvalue weighted by atomic mass is 32.2. The van der Waals surface area contributed by atoms with E-state index in [1.165, 1.54) is 0 Å². The van der Waals surface area contributed by atoms with Gasteiger partial charge in [-0.05, 0) is 30.7 Å². The van der Waals surface area contributed by atoms with E-state index in [0.717, 1.165) is 5.56 Å². The molecule has 1 N–H and O–H groups in total. The molecular weight excluding hydrogens is 344 g/mol. The number of carbonyl (C=O) groups is 1. The fourth-order valence-corrected chi connectivity index (χ4v) is 4.76. The van der Waals surface area contributed by atoms with Crippen LogP contribution in [-0.4, -0.2) is 64.1 Å². The van der Waals surface area contributed by atoms with E-state index in [1.807, 2.05) is 24.0 Å². The van der Waals surface area contributed by atoms with Gasteiger partial charge >= 0.3 is 0 Å². The molecule has 1 aromatic rings. The highest BCUT2D eigenvalue weighted by Crippen LogP contribution is 2.27. The van der Waals surface area contributed by atoms with Gasteiger partial charge in [0, 0.05) is 12.6 Å². The number of methoxy groups -OCH3 is 2. The molecular formula is C17H26N2O5S. The molecule has 1 atom stereocenters. The van der Waals surface area contributed by atoms with E-state index in [2.05, 4.69) is 5.32 Å². The van der Waals surface area contributed by atoms with Crippen molar-refractivity contribution < 1.29 is 22.7 Å². The summed E-state index contributed by atoms with van der Waals surface area (Å²) in [5, 5.41) is 2.87. The standard InChI is InChI=1S/C17H26N2O5S/c1-4-19(14-7-8-25(21,22)12-14)11-17(20)18-10-13-5-6-15(23-2)16(9-13)24-3/h5-6,9,14H,4,7-8,10-12H2,1-3H3,(H,18,20). The molecule has 0 aromatic heterocycles. The zero-order valence-electron chi connectivity index (χ0n) is 14.9. The van der Waals surface area contributed by atoms with Gasteiger partial charge in [-0.15, -0.1) is 0 Å². The van der Waals surface area contributed by atoms with Gasteiger partial charge < -0.3 is 14.8 Å². The minimum absolute atomic E-state index is 0.0677. The molecule has 1 aliphatic rings. The van der Waals surface area contributed by atoms with E-state index in [0.29, 0.717) is 31.0 Å². The Bertz CT molecular complexity index is 705. The Hall–Kier alpha value is -1.80. The smallest absolute Gasteiger partial charge is 0.234 e. The van der Waals surface area contributed by atoms with Gasteiger partial charge in [-0.25, -0.2) is 8.42 Å². The molecule has 1 aliphatic heterocycles. The van der Waals surface area contributed by atoms with Crippen molar-refractivity contribution in [2.75, 3.05) is 38.8 Å². The quantitative estimate of drug-likeness (QED) is 0.730. The molecule has 0 spiro atoms. The highest BCUT2D eigenvalue weighted by Gasteiger charge is 2.32. The molecule has 7 nitrogen and oxygen atoms in total. The summed E-state index contributed by atoms with van der Waals surface area (Å²) >= 11 is 0. The number of carbonyl (C=O) groups excluding carboxylic acids is 1. The molecule has 1 amide bonds. The van der Waals surface area contributed by atoms with Crippen molar-refractivity contribution in [1.82, 2.24) is 10.2 Å². The third-order valence-corrected chi connectivity index (χ3v) is 6.17. The number of ether oxygens (including phenoxy) is 2. The molecule has 0 bridgehead atoms. The molecule has 0 radical (unpaired) electrons. The summed E-state index contributed by atoms with van der Waals surface area (Å²) in [6.07, 6.45) is 0.596. The van der Waals surface area contributed by atoms with Gasteiger partial charge in [0.1, 0.15) is 0 Å². The van der Waals surface area contributed by atoms with Crippen LogP contribution in [0.1, 0.15) is 18.9 Å². The van der Waals surface area contributed by atoms with Crippen molar-refractivity contribution in [2.24, 2.45) is 0 Å². The summed E-state index contributed by atoms with van der Waals surface area (Å²) in [4.78, 5) is 14.1. The van der Waals surface area contributed by atoms with Crippen LogP contribution >= 0.6 is 0 Å². The Morgan fingerprint density at radius 1 is 1.28 bits per heavy atom. The first-order valence-electron chi connectivity index (χ1n) is 8.30. The van der Waals surface area contributed by atoms with Crippen LogP contribution < -0.4 is 14.8 Å². The number of sulfone groups is 1. The van der Waals surface area contributed by atoms with Crippen LogP contribution in [0.2, 0.25) is 0 Å². The van der Waals surface area contributed by atoms with Gasteiger partial charge in [0.2, 0.25) is 5.91 Å². The zero-order valence-corrected chi connectivity index (χ0v) is 15.8. The Kier molecular flexibility index (Phi) is 6.66. The van der Waals surface area contributed by atoms with Crippen molar-refractivity contribution >= 4 is 15.7 Å². The summed E-state index contributed by atoms with van der Waals surface area (Å²) in [5.41, 5.74) is 0.900. The third kappa shape index (κ3) is 5.34. The van der Waals surface area contributed by atoms with Crippen LogP contribution in [0.15, 0.2) is 18.2 Å². The second-order valence-corrected chi connectivity index (χ2v) is 8.31. The number of nitrogens with one attached hydrogen (secondary N) is 1. The summed E-state index contributed by atoms with van der Waals surface area (Å²) < 4.78 is 33.7. The van der Waals surface area contributed by atoms with Crippen molar-refractivity contribution in [3.63, 3.8) is 0 Å². The summed E-state index contributed by atoms with van der Waals surface area (Å²) in [5.74, 6) is 1.48. The fourth-order valence-electron chi connectivity index (χ4n) is 2.99. The van der Waals surface area contributed by atoms with E-state index in [4.69, 9.17) is 9.47 Å². The largest absolute Gasteiger partial charge is 0.493 e. The van der Waals surface area contributed by atoms with Gasteiger partial charge in [0.05, 0.1) is 32.3 Å². The van der Waals surface area contributed by atoms with E-state index in [-0.39, 0.29) is 30.0 Å². The molecule has 1 heterocycles. The molecule has 0 saturated carbocycles. The van der Waals surface area contributed by atoms with E-state index in [1.54, 1.807) is 20.3 Å². The van der Waals surface area contributed by atoms with Crippen LogP contribution in [0.5, 0.6) is 11.5 Å². The maximum Gasteiger partial charge on any atom is 0.234 e. The molecule has 1 saturated heterocycles. The number of rotatable bonds is 8. The van der Waals surface area contributed by atoms with Crippen molar-refractivity contribution in [2.45, 2.75) is 25.9 Å². The maximum absolute atomic E-state index is 12.2. The maximum atomic E-state index is 12.2. The lowest BCUT2D eigenvalue weighted by Gasteiger charge is -2.25. The molecule has 0 aliphatic carbocycles. The average molecular weight is 370 g/mol. The predicted molar refractivity (Wildman–Crippen MR) is 95.7 cm³/mol. The Morgan fingerprint density at radius 3 is 2.56 bits per heavy atom. The fraction of sp³-hybridized carbons (Fsp3) is 0.588. The van der Waals surface area contributed by atoms with Crippen LogP contribution in [0.3, 0.4) is 0 Å². The van der Waals surface area contributed by atoms with Crippen LogP contribution in [0.25, 0.3) is 0 Å². The molecule has 1 aromatic carbocycles. The summed E-state index contributed by atoms with van der Waals surface area (Å²) in [6.45, 7) is 3.15. The highest BCUT2D eigenvalue weighted by molar-refractivity contribution is 7.91. The lowest BCUT2D eigenvalue weighted by molar-refractivity contribution is -0.122.